The fourth-order valence-corrected chi connectivity index (χ4v) is 9.74. The van der Waals surface area contributed by atoms with Crippen molar-refractivity contribution in [3.8, 4) is 0 Å². The van der Waals surface area contributed by atoms with E-state index >= 15 is 0 Å². The Kier molecular flexibility index (Phi) is 60.2. The summed E-state index contributed by atoms with van der Waals surface area (Å²) in [5.41, 5.74) is 0. The number of carboxylic acid groups (broad SMARTS) is 1. The molecule has 0 N–H and O–H groups in total. The predicted molar refractivity (Wildman–Crippen MR) is 343 cm³/mol. The normalized spacial score (nSPS) is 13.1. The Morgan fingerprint density at radius 1 is 0.383 bits per heavy atom. The number of carbonyl (C=O) groups is 3. The Hall–Kier alpha value is -3.27. The van der Waals surface area contributed by atoms with E-state index < -0.39 is 24.3 Å². The number of hydrogen-bond donors (Lipinski definition) is 0. The van der Waals surface area contributed by atoms with Gasteiger partial charge >= 0.3 is 11.9 Å². The lowest BCUT2D eigenvalue weighted by atomic mass is 10.0. The van der Waals surface area contributed by atoms with E-state index in [-0.39, 0.29) is 38.6 Å². The van der Waals surface area contributed by atoms with E-state index in [0.29, 0.717) is 17.4 Å². The molecule has 2 atom stereocenters. The summed E-state index contributed by atoms with van der Waals surface area (Å²) < 4.78 is 22.8. The third kappa shape index (κ3) is 64.1. The van der Waals surface area contributed by atoms with Crippen LogP contribution in [0.4, 0.5) is 0 Å². The summed E-state index contributed by atoms with van der Waals surface area (Å²) in [6.07, 6.45) is 79.8. The molecule has 0 heterocycles. The van der Waals surface area contributed by atoms with Gasteiger partial charge in [0.25, 0.3) is 0 Å². The van der Waals surface area contributed by atoms with Gasteiger partial charge in [-0.1, -0.05) is 286 Å². The summed E-state index contributed by atoms with van der Waals surface area (Å²) in [7, 11) is 5.93. The topological polar surface area (TPSA) is 111 Å². The van der Waals surface area contributed by atoms with Crippen molar-refractivity contribution in [2.45, 2.75) is 322 Å². The standard InChI is InChI=1S/C72H129NO8/c1-6-8-10-12-14-16-18-20-22-24-26-28-29-30-31-32-33-34-35-36-37-38-39-40-41-43-45-47-49-51-53-55-57-59-61-63-70(75)81-68(67-80-72(71(76)77)78-65-64-73(3,4)5)66-79-69(74)62-60-58-56-54-52-50-48-46-44-42-27-25-23-21-19-17-15-13-11-9-7-2/h8,10,14,16,19-22,25-28,68,72H,6-7,9,11-13,15,17-18,23-24,29-67H2,1-5H3/b10-8-,16-14-,21-19-,22-20-,27-25-,28-26-. The van der Waals surface area contributed by atoms with Crippen LogP contribution in [0.3, 0.4) is 0 Å². The number of unbranched alkanes of at least 4 members (excludes halogenated alkanes) is 36. The number of allylic oxidation sites excluding steroid dienone is 12. The highest BCUT2D eigenvalue weighted by molar-refractivity contribution is 5.70. The van der Waals surface area contributed by atoms with E-state index in [4.69, 9.17) is 18.9 Å². The molecule has 0 bridgehead atoms. The van der Waals surface area contributed by atoms with Gasteiger partial charge in [-0.05, 0) is 83.5 Å². The van der Waals surface area contributed by atoms with Crippen LogP contribution in [0.15, 0.2) is 72.9 Å². The van der Waals surface area contributed by atoms with Crippen molar-refractivity contribution in [2.75, 3.05) is 47.5 Å². The molecule has 0 aliphatic rings. The summed E-state index contributed by atoms with van der Waals surface area (Å²) in [4.78, 5) is 37.4. The van der Waals surface area contributed by atoms with Crippen molar-refractivity contribution >= 4 is 17.9 Å². The predicted octanol–water partition coefficient (Wildman–Crippen LogP) is 19.6. The number of nitrogens with zero attached hydrogens (tertiary/aromatic N) is 1. The lowest BCUT2D eigenvalue weighted by Gasteiger charge is -2.26. The van der Waals surface area contributed by atoms with Crippen LogP contribution >= 0.6 is 0 Å². The van der Waals surface area contributed by atoms with E-state index in [1.165, 1.54) is 212 Å². The lowest BCUT2D eigenvalue weighted by molar-refractivity contribution is -0.870. The van der Waals surface area contributed by atoms with E-state index in [9.17, 15) is 19.5 Å². The van der Waals surface area contributed by atoms with Crippen molar-refractivity contribution in [3.63, 3.8) is 0 Å². The van der Waals surface area contributed by atoms with Crippen LogP contribution in [-0.2, 0) is 33.3 Å². The highest BCUT2D eigenvalue weighted by Gasteiger charge is 2.22. The van der Waals surface area contributed by atoms with Crippen molar-refractivity contribution in [3.05, 3.63) is 72.9 Å². The molecule has 0 aromatic carbocycles. The Morgan fingerprint density at radius 2 is 0.704 bits per heavy atom. The van der Waals surface area contributed by atoms with Crippen LogP contribution in [0.5, 0.6) is 0 Å². The minimum absolute atomic E-state index is 0.147. The van der Waals surface area contributed by atoms with Gasteiger partial charge in [-0.2, -0.15) is 0 Å². The molecular weight excluding hydrogens is 1010 g/mol. The number of carboxylic acids is 1. The summed E-state index contributed by atoms with van der Waals surface area (Å²) in [5.74, 6) is -2.27. The molecular formula is C72H129NO8. The summed E-state index contributed by atoms with van der Waals surface area (Å²) in [5, 5.41) is 11.8. The highest BCUT2D eigenvalue weighted by atomic mass is 16.7. The Balaban J connectivity index is 4.06. The quantitative estimate of drug-likeness (QED) is 0.0195. The zero-order valence-corrected chi connectivity index (χ0v) is 53.7. The molecule has 9 heteroatoms. The lowest BCUT2D eigenvalue weighted by Crippen LogP contribution is -2.44. The fraction of sp³-hybridized carbons (Fsp3) is 0.792. The van der Waals surface area contributed by atoms with Gasteiger partial charge in [-0.3, -0.25) is 9.59 Å². The number of rotatable bonds is 63. The zero-order valence-electron chi connectivity index (χ0n) is 53.7. The van der Waals surface area contributed by atoms with Gasteiger partial charge in [-0.25, -0.2) is 0 Å². The van der Waals surface area contributed by atoms with Gasteiger partial charge in [0.1, 0.15) is 13.2 Å². The molecule has 0 rings (SSSR count). The molecule has 0 radical (unpaired) electrons. The second-order valence-electron chi connectivity index (χ2n) is 24.1. The molecule has 2 unspecified atom stereocenters. The van der Waals surface area contributed by atoms with Crippen LogP contribution in [0.25, 0.3) is 0 Å². The molecule has 0 saturated heterocycles. The first-order chi connectivity index (χ1) is 39.6. The number of hydrogen-bond acceptors (Lipinski definition) is 8. The molecule has 0 aliphatic heterocycles. The molecule has 0 aromatic heterocycles. The van der Waals surface area contributed by atoms with E-state index in [1.807, 2.05) is 21.1 Å². The van der Waals surface area contributed by atoms with Gasteiger partial charge in [0.15, 0.2) is 12.4 Å². The van der Waals surface area contributed by atoms with Crippen LogP contribution in [0.2, 0.25) is 0 Å². The number of likely N-dealkylation sites (N-methyl/N-ethyl adjacent to an activating group) is 1. The first-order valence-electron chi connectivity index (χ1n) is 34.1. The Morgan fingerprint density at radius 3 is 1.05 bits per heavy atom. The molecule has 0 spiro atoms. The van der Waals surface area contributed by atoms with Gasteiger partial charge in [-0.15, -0.1) is 0 Å². The summed E-state index contributed by atoms with van der Waals surface area (Å²) in [6, 6.07) is 0. The number of quaternary nitrogens is 1. The minimum Gasteiger partial charge on any atom is -0.545 e. The molecule has 470 valence electrons. The van der Waals surface area contributed by atoms with Gasteiger partial charge in [0.05, 0.1) is 40.3 Å². The smallest absolute Gasteiger partial charge is 0.306 e. The van der Waals surface area contributed by atoms with E-state index in [0.717, 1.165) is 64.2 Å². The zero-order chi connectivity index (χ0) is 59.1. The molecule has 0 aromatic rings. The monoisotopic (exact) mass is 1140 g/mol. The SMILES string of the molecule is CC/C=C\C/C=C\C/C=C\C/C=C\CCCCCCCCCCCCCCCCCCCCCCCCC(=O)OC(COC(=O)CCCCCCCCCCC/C=C\C/C=C\CCCCCCC)COC(OCC[N+](C)(C)C)C(=O)[O-]. The number of carbonyl (C=O) groups excluding carboxylic acids is 3. The highest BCUT2D eigenvalue weighted by Crippen LogP contribution is 2.18. The Bertz CT molecular complexity index is 1560. The first kappa shape index (κ1) is 77.7. The van der Waals surface area contributed by atoms with Crippen LogP contribution in [-0.4, -0.2) is 82.3 Å². The summed E-state index contributed by atoms with van der Waals surface area (Å²) >= 11 is 0. The van der Waals surface area contributed by atoms with Crippen LogP contribution in [0, 0.1) is 0 Å². The Labute approximate surface area is 500 Å². The summed E-state index contributed by atoms with van der Waals surface area (Å²) in [6.45, 7) is 4.66. The van der Waals surface area contributed by atoms with Crippen molar-refractivity contribution in [1.82, 2.24) is 0 Å². The van der Waals surface area contributed by atoms with Gasteiger partial charge < -0.3 is 33.3 Å². The van der Waals surface area contributed by atoms with Crippen LogP contribution < -0.4 is 5.11 Å². The molecule has 81 heavy (non-hydrogen) atoms. The third-order valence-electron chi connectivity index (χ3n) is 14.9. The number of aliphatic carboxylic acids is 1. The van der Waals surface area contributed by atoms with E-state index in [2.05, 4.69) is 86.8 Å². The average molecular weight is 1140 g/mol. The first-order valence-corrected chi connectivity index (χ1v) is 34.1. The molecule has 0 aliphatic carbocycles. The van der Waals surface area contributed by atoms with Gasteiger partial charge in [0.2, 0.25) is 0 Å². The molecule has 9 nitrogen and oxygen atoms in total. The second-order valence-corrected chi connectivity index (χ2v) is 24.1. The molecule has 0 fully saturated rings. The fourth-order valence-electron chi connectivity index (χ4n) is 9.74. The average Bonchev–Trinajstić information content (AvgIpc) is 3.44. The van der Waals surface area contributed by atoms with Crippen molar-refractivity contribution < 1.29 is 42.9 Å². The maximum atomic E-state index is 12.9. The largest absolute Gasteiger partial charge is 0.545 e. The van der Waals surface area contributed by atoms with Gasteiger partial charge in [0, 0.05) is 12.8 Å². The minimum atomic E-state index is -1.62. The molecule has 0 amide bonds. The van der Waals surface area contributed by atoms with Crippen molar-refractivity contribution in [2.24, 2.45) is 0 Å². The third-order valence-corrected chi connectivity index (χ3v) is 14.9. The molecule has 0 saturated carbocycles. The van der Waals surface area contributed by atoms with Crippen LogP contribution in [0.1, 0.15) is 309 Å². The second kappa shape index (κ2) is 62.8. The van der Waals surface area contributed by atoms with E-state index in [1.54, 1.807) is 0 Å². The maximum Gasteiger partial charge on any atom is 0.306 e. The number of ether oxygens (including phenoxy) is 4. The maximum absolute atomic E-state index is 12.9. The number of esters is 2. The van der Waals surface area contributed by atoms with Crippen molar-refractivity contribution in [1.29, 1.82) is 0 Å².